The number of aryl methyl sites for hydroxylation is 2. The predicted octanol–water partition coefficient (Wildman–Crippen LogP) is 6.42. The van der Waals surface area contributed by atoms with Crippen molar-refractivity contribution in [2.75, 3.05) is 44.2 Å². The van der Waals surface area contributed by atoms with Crippen molar-refractivity contribution in [2.45, 2.75) is 77.3 Å². The van der Waals surface area contributed by atoms with Gasteiger partial charge in [0.25, 0.3) is 0 Å². The lowest BCUT2D eigenvalue weighted by Gasteiger charge is -2.38. The maximum Gasteiger partial charge on any atom is 0.223 e. The summed E-state index contributed by atoms with van der Waals surface area (Å²) in [6.07, 6.45) is 4.37. The number of Topliss-reactive ketones (excluding diaryl/α,β-unsaturated/α-hetero) is 1. The van der Waals surface area contributed by atoms with Gasteiger partial charge in [0.1, 0.15) is 4.83 Å². The van der Waals surface area contributed by atoms with Crippen LogP contribution in [0.2, 0.25) is 0 Å². The number of hydrogen-bond acceptors (Lipinski definition) is 7. The number of hydrogen-bond donors (Lipinski definition) is 4. The molecule has 4 unspecified atom stereocenters. The Morgan fingerprint density at radius 1 is 1.04 bits per heavy atom. The highest BCUT2D eigenvalue weighted by Crippen LogP contribution is 2.49. The number of rotatable bonds is 9. The monoisotopic (exact) mass is 652 g/mol. The minimum Gasteiger partial charge on any atom is -0.353 e. The molecule has 10 heteroatoms. The minimum absolute atomic E-state index is 0.102. The maximum absolute atomic E-state index is 14.2. The van der Waals surface area contributed by atoms with Crippen LogP contribution in [0.1, 0.15) is 72.3 Å². The molecule has 3 aromatic rings. The van der Waals surface area contributed by atoms with Crippen molar-refractivity contribution in [2.24, 2.45) is 11.8 Å². The Morgan fingerprint density at radius 3 is 2.40 bits per heavy atom. The van der Waals surface area contributed by atoms with E-state index in [1.54, 1.807) is 11.3 Å². The average molecular weight is 653 g/mol. The summed E-state index contributed by atoms with van der Waals surface area (Å²) in [7, 11) is -2.39. The number of H-pyrrole nitrogens is 1. The molecule has 2 bridgehead atoms. The lowest BCUT2D eigenvalue weighted by molar-refractivity contribution is -0.124. The Bertz CT molecular complexity index is 1600. The summed E-state index contributed by atoms with van der Waals surface area (Å²) in [5, 5.41) is 4.23. The molecule has 2 aromatic heterocycles. The molecule has 0 spiro atoms. The van der Waals surface area contributed by atoms with E-state index < -0.39 is 10.6 Å². The quantitative estimate of drug-likeness (QED) is 0.199. The fraction of sp³-hybridized carbons (Fsp3) is 0.600. The van der Waals surface area contributed by atoms with Crippen molar-refractivity contribution in [3.63, 3.8) is 0 Å². The largest absolute Gasteiger partial charge is 0.353 e. The van der Waals surface area contributed by atoms with Crippen LogP contribution in [0, 0.1) is 25.7 Å². The summed E-state index contributed by atoms with van der Waals surface area (Å²) in [4.78, 5) is 37.4. The van der Waals surface area contributed by atoms with Crippen LogP contribution in [0.25, 0.3) is 21.5 Å². The Morgan fingerprint density at radius 2 is 1.78 bits per heavy atom. The van der Waals surface area contributed by atoms with E-state index in [1.165, 1.54) is 16.0 Å². The molecule has 4 atom stereocenters. The van der Waals surface area contributed by atoms with Crippen molar-refractivity contribution in [1.82, 2.24) is 20.1 Å². The van der Waals surface area contributed by atoms with E-state index in [9.17, 15) is 18.7 Å². The number of benzene rings is 1. The van der Waals surface area contributed by atoms with E-state index in [4.69, 9.17) is 0 Å². The Labute approximate surface area is 272 Å². The lowest BCUT2D eigenvalue weighted by Crippen LogP contribution is -2.50. The molecule has 4 N–H and O–H groups in total. The van der Waals surface area contributed by atoms with Gasteiger partial charge in [-0.05, 0) is 74.6 Å². The number of piperidine rings is 1. The maximum atomic E-state index is 14.2. The average Bonchev–Trinajstić information content (AvgIpc) is 3.78. The van der Waals surface area contributed by atoms with Gasteiger partial charge >= 0.3 is 0 Å². The van der Waals surface area contributed by atoms with Gasteiger partial charge in [-0.15, -0.1) is 11.3 Å². The fourth-order valence-electron chi connectivity index (χ4n) is 8.60. The van der Waals surface area contributed by atoms with Gasteiger partial charge < -0.3 is 15.2 Å². The van der Waals surface area contributed by atoms with Gasteiger partial charge in [-0.1, -0.05) is 31.0 Å². The van der Waals surface area contributed by atoms with Crippen LogP contribution in [0.15, 0.2) is 24.3 Å². The molecule has 1 aliphatic carbocycles. The summed E-state index contributed by atoms with van der Waals surface area (Å²) in [5.41, 5.74) is 5.04. The van der Waals surface area contributed by atoms with Gasteiger partial charge in [0.05, 0.1) is 17.0 Å². The Kier molecular flexibility index (Phi) is 8.23. The second-order valence-corrected chi connectivity index (χ2v) is 18.2. The van der Waals surface area contributed by atoms with Gasteiger partial charge in [-0.25, -0.2) is 0 Å². The molecule has 7 rings (SSSR count). The van der Waals surface area contributed by atoms with E-state index in [0.717, 1.165) is 85.4 Å². The van der Waals surface area contributed by atoms with E-state index in [0.29, 0.717) is 29.9 Å². The van der Waals surface area contributed by atoms with Crippen LogP contribution < -0.4 is 5.32 Å². The number of carbonyl (C=O) groups is 2. The fourth-order valence-corrected chi connectivity index (χ4v) is 11.6. The molecule has 244 valence electrons. The molecule has 1 amide bonds. The van der Waals surface area contributed by atoms with Crippen molar-refractivity contribution in [1.29, 1.82) is 0 Å². The van der Waals surface area contributed by atoms with E-state index in [1.807, 2.05) is 0 Å². The summed E-state index contributed by atoms with van der Waals surface area (Å²) in [6.45, 7) is 13.1. The van der Waals surface area contributed by atoms with E-state index in [2.05, 4.69) is 72.1 Å². The number of fused-ring (bicyclic) bond motifs is 3. The summed E-state index contributed by atoms with van der Waals surface area (Å²) < 4.78 is 20.2. The first-order valence-corrected chi connectivity index (χ1v) is 19.4. The van der Waals surface area contributed by atoms with Crippen LogP contribution >= 0.6 is 21.9 Å². The highest BCUT2D eigenvalue weighted by atomic mass is 32.3. The first kappa shape index (κ1) is 31.4. The number of nitrogens with one attached hydrogen (secondary N) is 2. The second-order valence-electron chi connectivity index (χ2n) is 14.8. The number of amides is 1. The lowest BCUT2D eigenvalue weighted by atomic mass is 9.78. The van der Waals surface area contributed by atoms with Crippen LogP contribution in [0.5, 0.6) is 0 Å². The van der Waals surface area contributed by atoms with Gasteiger partial charge in [-0.3, -0.25) is 23.6 Å². The number of aromatic amines is 1. The van der Waals surface area contributed by atoms with Gasteiger partial charge in [-0.2, -0.15) is 10.6 Å². The zero-order valence-corrected chi connectivity index (χ0v) is 28.7. The zero-order chi connectivity index (χ0) is 31.7. The number of aromatic nitrogens is 1. The molecule has 3 aliphatic heterocycles. The van der Waals surface area contributed by atoms with Crippen LogP contribution in [-0.2, 0) is 10.2 Å². The van der Waals surface area contributed by atoms with Crippen molar-refractivity contribution < 1.29 is 18.7 Å². The third kappa shape index (κ3) is 6.14. The first-order valence-electron chi connectivity index (χ1n) is 16.7. The van der Waals surface area contributed by atoms with Crippen molar-refractivity contribution in [3.05, 3.63) is 45.8 Å². The molecular weight excluding hydrogens is 605 g/mol. The number of thiophene rings is 1. The zero-order valence-electron chi connectivity index (χ0n) is 27.0. The Balaban J connectivity index is 1.11. The van der Waals surface area contributed by atoms with Gasteiger partial charge in [0, 0.05) is 73.2 Å². The number of nitrogens with zero attached hydrogens (tertiary/aromatic N) is 2. The smallest absolute Gasteiger partial charge is 0.223 e. The third-order valence-corrected chi connectivity index (χ3v) is 14.2. The molecule has 3 saturated heterocycles. The van der Waals surface area contributed by atoms with E-state index >= 15 is 0 Å². The molecular formula is C35H48N4O4S2. The molecule has 4 fully saturated rings. The number of piperazine rings is 1. The standard InChI is InChI=1S/C35H48N4O4S2/c1-21-15-22(2)17-23(16-21)32-31(29(40)7-9-38-10-12-39(13-11-38)24-8-14-45(42,43)20-24)26-18-30(44-34(26)37-32)35(3,4)19-27-25-5-6-28(27)36-33(25)41/h15-18,24-25,27-28,37,42-43H,5-14,19-20H2,1-4H3,(H,36,41). The highest BCUT2D eigenvalue weighted by Gasteiger charge is 2.49. The van der Waals surface area contributed by atoms with Gasteiger partial charge in [0.15, 0.2) is 5.78 Å². The predicted molar refractivity (Wildman–Crippen MR) is 185 cm³/mol. The molecule has 5 heterocycles. The molecule has 8 nitrogen and oxygen atoms in total. The second kappa shape index (κ2) is 11.8. The van der Waals surface area contributed by atoms with Crippen LogP contribution in [-0.4, -0.2) is 91.9 Å². The SMILES string of the molecule is Cc1cc(C)cc(-c2[nH]c3sc(C(C)(C)CC4C5CCC4C(=O)N5)cc3c2C(=O)CCN2CCN(C3CCS(O)(O)C3)CC2)c1. The van der Waals surface area contributed by atoms with Crippen molar-refractivity contribution >= 4 is 43.8 Å². The van der Waals surface area contributed by atoms with Crippen molar-refractivity contribution in [3.8, 4) is 11.3 Å². The topological polar surface area (TPSA) is 109 Å². The molecule has 45 heavy (non-hydrogen) atoms. The number of ketones is 1. The Hall–Kier alpha value is -2.21. The normalized spacial score (nSPS) is 27.8. The summed E-state index contributed by atoms with van der Waals surface area (Å²) in [5.74, 6) is 1.96. The molecule has 1 aromatic carbocycles. The van der Waals surface area contributed by atoms with Crippen LogP contribution in [0.4, 0.5) is 0 Å². The minimum atomic E-state index is -2.39. The van der Waals surface area contributed by atoms with Crippen LogP contribution in [0.3, 0.4) is 0 Å². The molecule has 1 saturated carbocycles. The summed E-state index contributed by atoms with van der Waals surface area (Å²) in [6, 6.07) is 9.33. The molecule has 4 aliphatic rings. The summed E-state index contributed by atoms with van der Waals surface area (Å²) >= 11 is 1.76. The van der Waals surface area contributed by atoms with Gasteiger partial charge in [0.2, 0.25) is 5.91 Å². The van der Waals surface area contributed by atoms with E-state index in [-0.39, 0.29) is 29.1 Å². The first-order chi connectivity index (χ1) is 21.4. The highest BCUT2D eigenvalue weighted by molar-refractivity contribution is 8.24. The third-order valence-electron chi connectivity index (χ3n) is 11.0. The molecule has 0 radical (unpaired) electrons. The number of carbonyl (C=O) groups excluding carboxylic acids is 2.